The summed E-state index contributed by atoms with van der Waals surface area (Å²) in [5, 5.41) is 2.13. The number of hydrogen-bond acceptors (Lipinski definition) is 0. The zero-order chi connectivity index (χ0) is 13.3. The van der Waals surface area contributed by atoms with Crippen LogP contribution in [-0.4, -0.2) is 0 Å². The molecule has 0 aliphatic rings. The lowest BCUT2D eigenvalue weighted by molar-refractivity contribution is 1.18. The second kappa shape index (κ2) is 6.02. The quantitative estimate of drug-likeness (QED) is 0.500. The Morgan fingerprint density at radius 1 is 0.667 bits per heavy atom. The normalized spacial score (nSPS) is 11.0. The highest BCUT2D eigenvalue weighted by Gasteiger charge is 2.13. The third-order valence-electron chi connectivity index (χ3n) is 2.47. The Morgan fingerprint density at radius 3 is 1.39 bits per heavy atom. The summed E-state index contributed by atoms with van der Waals surface area (Å²) in [6.07, 6.45) is 0. The Balaban J connectivity index is 2.37. The number of halogens is 5. The first-order valence-electron chi connectivity index (χ1n) is 5.03. The third-order valence-corrected chi connectivity index (χ3v) is 5.01. The van der Waals surface area contributed by atoms with E-state index in [1.165, 1.54) is 0 Å². The zero-order valence-corrected chi connectivity index (χ0v) is 13.5. The second-order valence-corrected chi connectivity index (χ2v) is 6.25. The van der Waals surface area contributed by atoms with Gasteiger partial charge in [-0.2, -0.15) is 0 Å². The molecular formula is C13H7BrCl4. The van der Waals surface area contributed by atoms with Crippen molar-refractivity contribution in [2.24, 2.45) is 0 Å². The average molecular weight is 385 g/mol. The summed E-state index contributed by atoms with van der Waals surface area (Å²) < 4.78 is 0. The van der Waals surface area contributed by atoms with Gasteiger partial charge in [0.05, 0.1) is 24.9 Å². The Morgan fingerprint density at radius 2 is 1.06 bits per heavy atom. The Labute approximate surface area is 134 Å². The van der Waals surface area contributed by atoms with Crippen LogP contribution < -0.4 is 0 Å². The van der Waals surface area contributed by atoms with Gasteiger partial charge < -0.3 is 0 Å². The van der Waals surface area contributed by atoms with E-state index in [-0.39, 0.29) is 4.83 Å². The van der Waals surface area contributed by atoms with Crippen molar-refractivity contribution in [1.82, 2.24) is 0 Å². The molecule has 0 saturated carbocycles. The fourth-order valence-corrected chi connectivity index (χ4v) is 2.72. The molecule has 18 heavy (non-hydrogen) atoms. The summed E-state index contributed by atoms with van der Waals surface area (Å²) in [5.41, 5.74) is 2.01. The Bertz CT molecular complexity index is 532. The van der Waals surface area contributed by atoms with Crippen LogP contribution >= 0.6 is 62.3 Å². The first-order chi connectivity index (χ1) is 8.49. The van der Waals surface area contributed by atoms with E-state index in [0.29, 0.717) is 20.1 Å². The van der Waals surface area contributed by atoms with Crippen LogP contribution in [0.2, 0.25) is 20.1 Å². The third kappa shape index (κ3) is 3.15. The van der Waals surface area contributed by atoms with Gasteiger partial charge in [-0.3, -0.25) is 0 Å². The smallest absolute Gasteiger partial charge is 0.0645 e. The topological polar surface area (TPSA) is 0 Å². The molecule has 0 bridgehead atoms. The van der Waals surface area contributed by atoms with Crippen LogP contribution in [0.15, 0.2) is 36.4 Å². The van der Waals surface area contributed by atoms with Crippen molar-refractivity contribution >= 4 is 62.3 Å². The summed E-state index contributed by atoms with van der Waals surface area (Å²) in [7, 11) is 0. The summed E-state index contributed by atoms with van der Waals surface area (Å²) in [6.45, 7) is 0. The predicted molar refractivity (Wildman–Crippen MR) is 83.7 cm³/mol. The lowest BCUT2D eigenvalue weighted by Crippen LogP contribution is -1.93. The first kappa shape index (κ1) is 14.5. The highest BCUT2D eigenvalue weighted by atomic mass is 79.9. The van der Waals surface area contributed by atoms with Gasteiger partial charge in [0, 0.05) is 0 Å². The lowest BCUT2D eigenvalue weighted by atomic mass is 10.1. The van der Waals surface area contributed by atoms with Crippen LogP contribution in [-0.2, 0) is 0 Å². The molecule has 2 aromatic carbocycles. The SMILES string of the molecule is Clc1ccc(C(Br)c2ccc(Cl)c(Cl)c2)cc1Cl. The Kier molecular flexibility index (Phi) is 4.85. The maximum absolute atomic E-state index is 6.00. The Hall–Kier alpha value is 0.0800. The number of alkyl halides is 1. The summed E-state index contributed by atoms with van der Waals surface area (Å²) >= 11 is 27.4. The average Bonchev–Trinajstić information content (AvgIpc) is 2.35. The van der Waals surface area contributed by atoms with Gasteiger partial charge >= 0.3 is 0 Å². The minimum atomic E-state index is -0.0120. The molecule has 0 unspecified atom stereocenters. The molecule has 0 fully saturated rings. The maximum atomic E-state index is 6.00. The van der Waals surface area contributed by atoms with Crippen molar-refractivity contribution in [3.8, 4) is 0 Å². The van der Waals surface area contributed by atoms with E-state index >= 15 is 0 Å². The van der Waals surface area contributed by atoms with Gasteiger partial charge in [-0.05, 0) is 35.4 Å². The molecule has 0 amide bonds. The standard InChI is InChI=1S/C13H7BrCl4/c14-13(7-1-3-9(15)11(17)5-7)8-2-4-10(16)12(18)6-8/h1-6,13H. The van der Waals surface area contributed by atoms with E-state index in [9.17, 15) is 0 Å². The van der Waals surface area contributed by atoms with Gasteiger partial charge in [0.15, 0.2) is 0 Å². The first-order valence-corrected chi connectivity index (χ1v) is 7.46. The van der Waals surface area contributed by atoms with Gasteiger partial charge in [0.25, 0.3) is 0 Å². The van der Waals surface area contributed by atoms with Crippen molar-refractivity contribution in [2.75, 3.05) is 0 Å². The number of benzene rings is 2. The highest BCUT2D eigenvalue weighted by molar-refractivity contribution is 9.09. The largest absolute Gasteiger partial charge is 0.0827 e. The van der Waals surface area contributed by atoms with E-state index in [4.69, 9.17) is 46.4 Å². The molecule has 5 heteroatoms. The molecule has 0 aromatic heterocycles. The van der Waals surface area contributed by atoms with Crippen molar-refractivity contribution in [2.45, 2.75) is 4.83 Å². The fourth-order valence-electron chi connectivity index (χ4n) is 1.53. The van der Waals surface area contributed by atoms with E-state index < -0.39 is 0 Å². The molecule has 0 saturated heterocycles. The van der Waals surface area contributed by atoms with Crippen LogP contribution in [0.25, 0.3) is 0 Å². The molecule has 2 rings (SSSR count). The van der Waals surface area contributed by atoms with Crippen LogP contribution in [0, 0.1) is 0 Å². The van der Waals surface area contributed by atoms with Crippen molar-refractivity contribution in [1.29, 1.82) is 0 Å². The van der Waals surface area contributed by atoms with E-state index in [1.54, 1.807) is 12.1 Å². The maximum Gasteiger partial charge on any atom is 0.0645 e. The van der Waals surface area contributed by atoms with Gasteiger partial charge in [-0.1, -0.05) is 74.5 Å². The monoisotopic (exact) mass is 382 g/mol. The van der Waals surface area contributed by atoms with E-state index in [0.717, 1.165) is 11.1 Å². The van der Waals surface area contributed by atoms with Gasteiger partial charge in [-0.15, -0.1) is 0 Å². The van der Waals surface area contributed by atoms with Crippen LogP contribution in [0.4, 0.5) is 0 Å². The van der Waals surface area contributed by atoms with Gasteiger partial charge in [0.2, 0.25) is 0 Å². The molecule has 0 atom stereocenters. The molecule has 0 nitrogen and oxygen atoms in total. The summed E-state index contributed by atoms with van der Waals surface area (Å²) in [4.78, 5) is -0.0120. The molecule has 0 heterocycles. The minimum Gasteiger partial charge on any atom is -0.0827 e. The van der Waals surface area contributed by atoms with Crippen LogP contribution in [0.3, 0.4) is 0 Å². The zero-order valence-electron chi connectivity index (χ0n) is 8.93. The summed E-state index contributed by atoms with van der Waals surface area (Å²) in [5.74, 6) is 0. The molecule has 0 radical (unpaired) electrons. The molecule has 0 aliphatic carbocycles. The number of hydrogen-bond donors (Lipinski definition) is 0. The number of rotatable bonds is 2. The fraction of sp³-hybridized carbons (Fsp3) is 0.0769. The van der Waals surface area contributed by atoms with E-state index in [1.807, 2.05) is 24.3 Å². The predicted octanol–water partition coefficient (Wildman–Crippen LogP) is 6.78. The molecule has 0 N–H and O–H groups in total. The molecular weight excluding hydrogens is 378 g/mol. The summed E-state index contributed by atoms with van der Waals surface area (Å²) in [6, 6.07) is 11.0. The van der Waals surface area contributed by atoms with Crippen molar-refractivity contribution < 1.29 is 0 Å². The molecule has 0 spiro atoms. The second-order valence-electron chi connectivity index (χ2n) is 3.71. The van der Waals surface area contributed by atoms with Crippen LogP contribution in [0.5, 0.6) is 0 Å². The minimum absolute atomic E-state index is 0.0120. The van der Waals surface area contributed by atoms with E-state index in [2.05, 4.69) is 15.9 Å². The van der Waals surface area contributed by atoms with Crippen LogP contribution in [0.1, 0.15) is 16.0 Å². The van der Waals surface area contributed by atoms with Gasteiger partial charge in [0.1, 0.15) is 0 Å². The molecule has 94 valence electrons. The molecule has 2 aromatic rings. The highest BCUT2D eigenvalue weighted by Crippen LogP contribution is 2.36. The lowest BCUT2D eigenvalue weighted by Gasteiger charge is -2.12. The molecule has 0 aliphatic heterocycles. The van der Waals surface area contributed by atoms with Crippen molar-refractivity contribution in [3.05, 3.63) is 67.6 Å². The van der Waals surface area contributed by atoms with Crippen molar-refractivity contribution in [3.63, 3.8) is 0 Å². The van der Waals surface area contributed by atoms with Gasteiger partial charge in [-0.25, -0.2) is 0 Å².